The molecule has 6 nitrogen and oxygen atoms in total. The molecule has 0 aromatic heterocycles. The van der Waals surface area contributed by atoms with Crippen molar-refractivity contribution in [1.82, 2.24) is 9.62 Å². The Kier molecular flexibility index (Phi) is 7.13. The van der Waals surface area contributed by atoms with E-state index in [1.54, 1.807) is 0 Å². The molecule has 3 N–H and O–H groups in total. The maximum atomic E-state index is 11.8. The molecule has 0 aromatic carbocycles. The van der Waals surface area contributed by atoms with Crippen molar-refractivity contribution in [2.75, 3.05) is 25.4 Å². The minimum absolute atomic E-state index is 0.00481. The lowest BCUT2D eigenvalue weighted by atomic mass is 10.4. The quantitative estimate of drug-likeness (QED) is 0.499. The monoisotopic (exact) mass is 264 g/mol. The minimum atomic E-state index is -3.20. The van der Waals surface area contributed by atoms with Gasteiger partial charge in [0.1, 0.15) is 0 Å². The van der Waals surface area contributed by atoms with Gasteiger partial charge in [-0.25, -0.2) is 12.7 Å². The highest BCUT2D eigenvalue weighted by Gasteiger charge is 2.17. The Balaban J connectivity index is 4.28. The van der Waals surface area contributed by atoms with E-state index in [1.807, 2.05) is 27.7 Å². The number of rotatable bonds is 7. The summed E-state index contributed by atoms with van der Waals surface area (Å²) in [6, 6.07) is 0.193. The molecule has 0 aliphatic rings. The Morgan fingerprint density at radius 3 is 2.29 bits per heavy atom. The lowest BCUT2D eigenvalue weighted by molar-refractivity contribution is 0.445. The Hall–Kier alpha value is -0.820. The SMILES string of the molecule is CCN(CC)S(=O)(=O)CCN=C(N)NC(C)C. The van der Waals surface area contributed by atoms with Crippen molar-refractivity contribution in [1.29, 1.82) is 0 Å². The molecule has 0 atom stereocenters. The second-order valence-electron chi connectivity index (χ2n) is 3.97. The normalized spacial score (nSPS) is 13.4. The lowest BCUT2D eigenvalue weighted by Gasteiger charge is -2.17. The van der Waals surface area contributed by atoms with Crippen LogP contribution in [-0.2, 0) is 10.0 Å². The second-order valence-corrected chi connectivity index (χ2v) is 6.05. The number of nitrogens with two attached hydrogens (primary N) is 1. The first kappa shape index (κ1) is 16.2. The third-order valence-electron chi connectivity index (χ3n) is 2.17. The van der Waals surface area contributed by atoms with E-state index in [4.69, 9.17) is 5.73 Å². The maximum Gasteiger partial charge on any atom is 0.215 e. The molecule has 0 saturated heterocycles. The first-order valence-corrected chi connectivity index (χ1v) is 7.48. The third-order valence-corrected chi connectivity index (χ3v) is 4.17. The summed E-state index contributed by atoms with van der Waals surface area (Å²) in [6.07, 6.45) is 0. The largest absolute Gasteiger partial charge is 0.370 e. The zero-order valence-corrected chi connectivity index (χ0v) is 11.9. The molecular formula is C10H24N4O2S. The van der Waals surface area contributed by atoms with Gasteiger partial charge in [-0.3, -0.25) is 4.99 Å². The number of sulfonamides is 1. The summed E-state index contributed by atoms with van der Waals surface area (Å²) in [5.41, 5.74) is 5.58. The number of aliphatic imine (C=N–C) groups is 1. The highest BCUT2D eigenvalue weighted by molar-refractivity contribution is 7.89. The van der Waals surface area contributed by atoms with Crippen molar-refractivity contribution in [2.45, 2.75) is 33.7 Å². The number of nitrogens with one attached hydrogen (secondary N) is 1. The van der Waals surface area contributed by atoms with E-state index in [-0.39, 0.29) is 24.3 Å². The summed E-state index contributed by atoms with van der Waals surface area (Å²) >= 11 is 0. The summed E-state index contributed by atoms with van der Waals surface area (Å²) in [7, 11) is -3.20. The van der Waals surface area contributed by atoms with E-state index in [9.17, 15) is 8.42 Å². The molecule has 0 heterocycles. The standard InChI is InChI=1S/C10H24N4O2S/c1-5-14(6-2)17(15,16)8-7-12-10(11)13-9(3)4/h9H,5-8H2,1-4H3,(H3,11,12,13). The predicted molar refractivity (Wildman–Crippen MR) is 71.5 cm³/mol. The molecule has 0 aliphatic heterocycles. The van der Waals surface area contributed by atoms with Gasteiger partial charge in [-0.15, -0.1) is 0 Å². The number of hydrogen-bond donors (Lipinski definition) is 2. The van der Waals surface area contributed by atoms with E-state index >= 15 is 0 Å². The highest BCUT2D eigenvalue weighted by atomic mass is 32.2. The average molecular weight is 264 g/mol. The van der Waals surface area contributed by atoms with Crippen LogP contribution in [0.5, 0.6) is 0 Å². The summed E-state index contributed by atoms with van der Waals surface area (Å²) in [6.45, 7) is 8.68. The van der Waals surface area contributed by atoms with Gasteiger partial charge in [0.05, 0.1) is 12.3 Å². The van der Waals surface area contributed by atoms with Gasteiger partial charge in [0.2, 0.25) is 10.0 Å². The van der Waals surface area contributed by atoms with Crippen LogP contribution in [0.4, 0.5) is 0 Å². The molecule has 0 unspecified atom stereocenters. The molecule has 0 radical (unpaired) electrons. The van der Waals surface area contributed by atoms with Crippen LogP contribution >= 0.6 is 0 Å². The van der Waals surface area contributed by atoms with Gasteiger partial charge in [0.15, 0.2) is 5.96 Å². The third kappa shape index (κ3) is 6.48. The Morgan fingerprint density at radius 2 is 1.88 bits per heavy atom. The van der Waals surface area contributed by atoms with Crippen LogP contribution in [0.2, 0.25) is 0 Å². The molecule has 0 fully saturated rings. The van der Waals surface area contributed by atoms with E-state index in [1.165, 1.54) is 4.31 Å². The van der Waals surface area contributed by atoms with Crippen molar-refractivity contribution >= 4 is 16.0 Å². The van der Waals surface area contributed by atoms with E-state index < -0.39 is 10.0 Å². The summed E-state index contributed by atoms with van der Waals surface area (Å²) < 4.78 is 25.0. The van der Waals surface area contributed by atoms with Crippen molar-refractivity contribution in [3.05, 3.63) is 0 Å². The first-order chi connectivity index (χ1) is 7.83. The zero-order valence-electron chi connectivity index (χ0n) is 11.1. The molecule has 0 saturated carbocycles. The van der Waals surface area contributed by atoms with Crippen LogP contribution in [0, 0.1) is 0 Å². The van der Waals surface area contributed by atoms with Crippen LogP contribution in [0.3, 0.4) is 0 Å². The molecule has 0 rings (SSSR count). The fourth-order valence-electron chi connectivity index (χ4n) is 1.37. The topological polar surface area (TPSA) is 87.8 Å². The molecule has 0 spiro atoms. The zero-order chi connectivity index (χ0) is 13.5. The van der Waals surface area contributed by atoms with E-state index in [0.29, 0.717) is 13.1 Å². The van der Waals surface area contributed by atoms with Crippen LogP contribution in [-0.4, -0.2) is 50.1 Å². The first-order valence-electron chi connectivity index (χ1n) is 5.87. The molecule has 102 valence electrons. The van der Waals surface area contributed by atoms with Crippen molar-refractivity contribution < 1.29 is 8.42 Å². The molecule has 7 heteroatoms. The number of nitrogens with zero attached hydrogens (tertiary/aromatic N) is 2. The molecule has 0 amide bonds. The average Bonchev–Trinajstić information content (AvgIpc) is 2.17. The smallest absolute Gasteiger partial charge is 0.215 e. The second kappa shape index (κ2) is 7.50. The van der Waals surface area contributed by atoms with Crippen LogP contribution < -0.4 is 11.1 Å². The van der Waals surface area contributed by atoms with E-state index in [0.717, 1.165) is 0 Å². The molecule has 0 aromatic rings. The molecule has 0 bridgehead atoms. The van der Waals surface area contributed by atoms with Gasteiger partial charge in [-0.05, 0) is 13.8 Å². The fourth-order valence-corrected chi connectivity index (χ4v) is 2.74. The van der Waals surface area contributed by atoms with Gasteiger partial charge in [0.25, 0.3) is 0 Å². The summed E-state index contributed by atoms with van der Waals surface area (Å²) in [5.74, 6) is 0.282. The summed E-state index contributed by atoms with van der Waals surface area (Å²) in [5, 5.41) is 2.91. The molecular weight excluding hydrogens is 240 g/mol. The summed E-state index contributed by atoms with van der Waals surface area (Å²) in [4.78, 5) is 3.98. The Morgan fingerprint density at radius 1 is 1.35 bits per heavy atom. The molecule has 0 aliphatic carbocycles. The van der Waals surface area contributed by atoms with Gasteiger partial charge >= 0.3 is 0 Å². The Bertz CT molecular complexity index is 334. The van der Waals surface area contributed by atoms with E-state index in [2.05, 4.69) is 10.3 Å². The highest BCUT2D eigenvalue weighted by Crippen LogP contribution is 2.00. The van der Waals surface area contributed by atoms with Gasteiger partial charge in [0, 0.05) is 19.1 Å². The fraction of sp³-hybridized carbons (Fsp3) is 0.900. The Labute approximate surface area is 104 Å². The number of guanidine groups is 1. The predicted octanol–water partition coefficient (Wildman–Crippen LogP) is -0.0293. The van der Waals surface area contributed by atoms with Crippen LogP contribution in [0.25, 0.3) is 0 Å². The van der Waals surface area contributed by atoms with Crippen molar-refractivity contribution in [3.8, 4) is 0 Å². The van der Waals surface area contributed by atoms with Gasteiger partial charge in [-0.1, -0.05) is 13.8 Å². The number of hydrogen-bond acceptors (Lipinski definition) is 3. The maximum absolute atomic E-state index is 11.8. The lowest BCUT2D eigenvalue weighted by Crippen LogP contribution is -2.38. The molecule has 17 heavy (non-hydrogen) atoms. The van der Waals surface area contributed by atoms with Crippen LogP contribution in [0.1, 0.15) is 27.7 Å². The van der Waals surface area contributed by atoms with Crippen LogP contribution in [0.15, 0.2) is 4.99 Å². The van der Waals surface area contributed by atoms with Gasteiger partial charge in [-0.2, -0.15) is 0 Å². The van der Waals surface area contributed by atoms with Gasteiger partial charge < -0.3 is 11.1 Å². The van der Waals surface area contributed by atoms with Crippen molar-refractivity contribution in [3.63, 3.8) is 0 Å². The minimum Gasteiger partial charge on any atom is -0.370 e. The van der Waals surface area contributed by atoms with Crippen molar-refractivity contribution in [2.24, 2.45) is 10.7 Å².